The molecular formula is C18H19Cl3N2O2. The molecule has 2 aromatic rings. The van der Waals surface area contributed by atoms with Crippen LogP contribution in [0.25, 0.3) is 0 Å². The van der Waals surface area contributed by atoms with Crippen LogP contribution in [0.5, 0.6) is 5.75 Å². The third kappa shape index (κ3) is 6.40. The number of nitrogens with one attached hydrogen (secondary N) is 1. The molecule has 0 saturated carbocycles. The summed E-state index contributed by atoms with van der Waals surface area (Å²) in [6.45, 7) is 3.97. The summed E-state index contributed by atoms with van der Waals surface area (Å²) in [4.78, 5) is 14.2. The van der Waals surface area contributed by atoms with E-state index in [1.807, 2.05) is 24.0 Å². The third-order valence-corrected chi connectivity index (χ3v) is 4.38. The van der Waals surface area contributed by atoms with E-state index in [1.54, 1.807) is 30.3 Å². The van der Waals surface area contributed by atoms with Gasteiger partial charge in [0.25, 0.3) is 0 Å². The Morgan fingerprint density at radius 1 is 1.12 bits per heavy atom. The normalized spacial score (nSPS) is 10.8. The molecule has 4 nitrogen and oxygen atoms in total. The average molecular weight is 402 g/mol. The highest BCUT2D eigenvalue weighted by atomic mass is 35.5. The van der Waals surface area contributed by atoms with Crippen LogP contribution >= 0.6 is 34.8 Å². The Balaban J connectivity index is 1.83. The Hall–Kier alpha value is -1.46. The number of nitrogens with zero attached hydrogens (tertiary/aromatic N) is 1. The minimum atomic E-state index is -0.181. The zero-order valence-electron chi connectivity index (χ0n) is 13.8. The van der Waals surface area contributed by atoms with E-state index < -0.39 is 0 Å². The summed E-state index contributed by atoms with van der Waals surface area (Å²) >= 11 is 18.0. The summed E-state index contributed by atoms with van der Waals surface area (Å²) < 4.78 is 5.66. The molecule has 0 saturated heterocycles. The van der Waals surface area contributed by atoms with Gasteiger partial charge in [-0.1, -0.05) is 53.9 Å². The van der Waals surface area contributed by atoms with Crippen LogP contribution in [-0.4, -0.2) is 37.0 Å². The number of para-hydroxylation sites is 1. The van der Waals surface area contributed by atoms with Gasteiger partial charge in [-0.2, -0.15) is 0 Å². The number of hydrogen-bond acceptors (Lipinski definition) is 3. The summed E-state index contributed by atoms with van der Waals surface area (Å²) in [6, 6.07) is 12.3. The SMILES string of the molecule is CCN(CCOc1cccc(Cl)c1)CC(=O)Nc1c(Cl)cccc1Cl. The highest BCUT2D eigenvalue weighted by molar-refractivity contribution is 6.39. The maximum Gasteiger partial charge on any atom is 0.238 e. The fourth-order valence-corrected chi connectivity index (χ4v) is 2.87. The van der Waals surface area contributed by atoms with Crippen LogP contribution in [0.3, 0.4) is 0 Å². The van der Waals surface area contributed by atoms with Gasteiger partial charge in [-0.25, -0.2) is 0 Å². The van der Waals surface area contributed by atoms with Crippen molar-refractivity contribution in [3.8, 4) is 5.75 Å². The molecule has 0 heterocycles. The molecule has 134 valence electrons. The molecule has 0 atom stereocenters. The number of carbonyl (C=O) groups is 1. The van der Waals surface area contributed by atoms with Gasteiger partial charge in [-0.15, -0.1) is 0 Å². The van der Waals surface area contributed by atoms with E-state index in [0.29, 0.717) is 46.2 Å². The topological polar surface area (TPSA) is 41.6 Å². The number of likely N-dealkylation sites (N-methyl/N-ethyl adjacent to an activating group) is 1. The molecule has 2 aromatic carbocycles. The highest BCUT2D eigenvalue weighted by Gasteiger charge is 2.13. The fourth-order valence-electron chi connectivity index (χ4n) is 2.20. The number of halogens is 3. The first kappa shape index (κ1) is 19.9. The molecule has 0 aliphatic carbocycles. The lowest BCUT2D eigenvalue weighted by Crippen LogP contribution is -2.36. The highest BCUT2D eigenvalue weighted by Crippen LogP contribution is 2.29. The minimum Gasteiger partial charge on any atom is -0.492 e. The zero-order chi connectivity index (χ0) is 18.2. The molecule has 0 aliphatic rings. The first-order valence-electron chi connectivity index (χ1n) is 7.84. The first-order valence-corrected chi connectivity index (χ1v) is 8.97. The van der Waals surface area contributed by atoms with Gasteiger partial charge in [0, 0.05) is 11.6 Å². The van der Waals surface area contributed by atoms with E-state index >= 15 is 0 Å². The van der Waals surface area contributed by atoms with E-state index in [0.717, 1.165) is 0 Å². The number of amides is 1. The van der Waals surface area contributed by atoms with E-state index in [1.165, 1.54) is 0 Å². The van der Waals surface area contributed by atoms with Crippen molar-refractivity contribution in [3.63, 3.8) is 0 Å². The van der Waals surface area contributed by atoms with Crippen molar-refractivity contribution in [1.29, 1.82) is 0 Å². The second-order valence-corrected chi connectivity index (χ2v) is 6.57. The van der Waals surface area contributed by atoms with Crippen molar-refractivity contribution < 1.29 is 9.53 Å². The summed E-state index contributed by atoms with van der Waals surface area (Å²) in [5, 5.41) is 4.20. The molecule has 0 radical (unpaired) electrons. The number of carbonyl (C=O) groups excluding carboxylic acids is 1. The Morgan fingerprint density at radius 3 is 2.44 bits per heavy atom. The van der Waals surface area contributed by atoms with E-state index in [9.17, 15) is 4.79 Å². The molecule has 0 unspecified atom stereocenters. The van der Waals surface area contributed by atoms with Gasteiger partial charge in [-0.05, 0) is 36.9 Å². The van der Waals surface area contributed by atoms with Crippen molar-refractivity contribution in [2.24, 2.45) is 0 Å². The van der Waals surface area contributed by atoms with Crippen LogP contribution in [-0.2, 0) is 4.79 Å². The van der Waals surface area contributed by atoms with Crippen molar-refractivity contribution in [2.45, 2.75) is 6.92 Å². The number of ether oxygens (including phenoxy) is 1. The lowest BCUT2D eigenvalue weighted by atomic mass is 10.3. The molecule has 7 heteroatoms. The predicted molar refractivity (Wildman–Crippen MR) is 104 cm³/mol. The maximum absolute atomic E-state index is 12.2. The van der Waals surface area contributed by atoms with Crippen molar-refractivity contribution >= 4 is 46.4 Å². The lowest BCUT2D eigenvalue weighted by molar-refractivity contribution is -0.117. The molecule has 25 heavy (non-hydrogen) atoms. The average Bonchev–Trinajstić information content (AvgIpc) is 2.57. The minimum absolute atomic E-state index is 0.181. The smallest absolute Gasteiger partial charge is 0.238 e. The van der Waals surface area contributed by atoms with Crippen LogP contribution in [0.2, 0.25) is 15.1 Å². The molecule has 0 aliphatic heterocycles. The summed E-state index contributed by atoms with van der Waals surface area (Å²) in [6.07, 6.45) is 0. The third-order valence-electron chi connectivity index (χ3n) is 3.51. The maximum atomic E-state index is 12.2. The molecule has 0 spiro atoms. The molecule has 0 fully saturated rings. The van der Waals surface area contributed by atoms with Crippen molar-refractivity contribution in [3.05, 3.63) is 57.5 Å². The quantitative estimate of drug-likeness (QED) is 0.678. The molecule has 0 aromatic heterocycles. The van der Waals surface area contributed by atoms with Gasteiger partial charge in [0.2, 0.25) is 5.91 Å². The van der Waals surface area contributed by atoms with Gasteiger partial charge in [0.05, 0.1) is 22.3 Å². The molecule has 2 rings (SSSR count). The standard InChI is InChI=1S/C18H19Cl3N2O2/c1-2-23(9-10-25-14-6-3-5-13(19)11-14)12-17(24)22-18-15(20)7-4-8-16(18)21/h3-8,11H,2,9-10,12H2,1H3,(H,22,24). The largest absolute Gasteiger partial charge is 0.492 e. The molecule has 1 amide bonds. The van der Waals surface area contributed by atoms with Gasteiger partial charge < -0.3 is 10.1 Å². The van der Waals surface area contributed by atoms with Crippen LogP contribution < -0.4 is 10.1 Å². The molecule has 1 N–H and O–H groups in total. The van der Waals surface area contributed by atoms with Gasteiger partial charge in [0.1, 0.15) is 12.4 Å². The number of hydrogen-bond donors (Lipinski definition) is 1. The summed E-state index contributed by atoms with van der Waals surface area (Å²) in [5.41, 5.74) is 0.432. The Labute approximate surface area is 162 Å². The predicted octanol–water partition coefficient (Wildman–Crippen LogP) is 4.99. The van der Waals surface area contributed by atoms with Crippen LogP contribution in [0.15, 0.2) is 42.5 Å². The van der Waals surface area contributed by atoms with E-state index in [4.69, 9.17) is 39.5 Å². The lowest BCUT2D eigenvalue weighted by Gasteiger charge is -2.20. The Morgan fingerprint density at radius 2 is 1.80 bits per heavy atom. The molecular weight excluding hydrogens is 383 g/mol. The van der Waals surface area contributed by atoms with Crippen LogP contribution in [0.1, 0.15) is 6.92 Å². The Bertz CT molecular complexity index is 705. The summed E-state index contributed by atoms with van der Waals surface area (Å²) in [5.74, 6) is 0.524. The van der Waals surface area contributed by atoms with E-state index in [-0.39, 0.29) is 12.5 Å². The van der Waals surface area contributed by atoms with Crippen LogP contribution in [0, 0.1) is 0 Å². The molecule has 0 bridgehead atoms. The van der Waals surface area contributed by atoms with Crippen molar-refractivity contribution in [1.82, 2.24) is 4.90 Å². The number of rotatable bonds is 8. The van der Waals surface area contributed by atoms with Gasteiger partial charge in [0.15, 0.2) is 0 Å². The first-order chi connectivity index (χ1) is 12.0. The number of benzene rings is 2. The van der Waals surface area contributed by atoms with Crippen LogP contribution in [0.4, 0.5) is 5.69 Å². The second kappa shape index (κ2) is 9.88. The zero-order valence-corrected chi connectivity index (χ0v) is 16.0. The Kier molecular flexibility index (Phi) is 7.85. The number of anilines is 1. The summed E-state index contributed by atoms with van der Waals surface area (Å²) in [7, 11) is 0. The van der Waals surface area contributed by atoms with Gasteiger partial charge in [-0.3, -0.25) is 9.69 Å². The van der Waals surface area contributed by atoms with Crippen molar-refractivity contribution in [2.75, 3.05) is 31.6 Å². The monoisotopic (exact) mass is 400 g/mol. The second-order valence-electron chi connectivity index (χ2n) is 5.32. The van der Waals surface area contributed by atoms with E-state index in [2.05, 4.69) is 5.32 Å². The van der Waals surface area contributed by atoms with Gasteiger partial charge >= 0.3 is 0 Å². The fraction of sp³-hybridized carbons (Fsp3) is 0.278.